The second-order valence-corrected chi connectivity index (χ2v) is 2.77. The summed E-state index contributed by atoms with van der Waals surface area (Å²) in [7, 11) is 0. The van der Waals surface area contributed by atoms with Crippen molar-refractivity contribution in [3.63, 3.8) is 0 Å². The topological polar surface area (TPSA) is 49.3 Å². The van der Waals surface area contributed by atoms with E-state index < -0.39 is 34.7 Å². The van der Waals surface area contributed by atoms with Gasteiger partial charge in [0, 0.05) is 0 Å². The molecule has 2 N–H and O–H groups in total. The molecule has 0 atom stereocenters. The van der Waals surface area contributed by atoms with Gasteiger partial charge in [-0.15, -0.1) is 6.42 Å². The van der Waals surface area contributed by atoms with Crippen LogP contribution in [0, 0.1) is 29.8 Å². The molecule has 3 nitrogen and oxygen atoms in total. The molecule has 0 aliphatic heterocycles. The van der Waals surface area contributed by atoms with Crippen LogP contribution in [0.5, 0.6) is 5.75 Å². The highest BCUT2D eigenvalue weighted by atomic mass is 19.2. The van der Waals surface area contributed by atoms with E-state index in [2.05, 4.69) is 0 Å². The molecular formula is C10H6F3NO2. The van der Waals surface area contributed by atoms with Crippen LogP contribution in [0.1, 0.15) is 10.4 Å². The lowest BCUT2D eigenvalue weighted by Crippen LogP contribution is -2.25. The monoisotopic (exact) mass is 229 g/mol. The Labute approximate surface area is 88.9 Å². The Morgan fingerprint density at radius 1 is 1.44 bits per heavy atom. The molecule has 1 aromatic rings. The summed E-state index contributed by atoms with van der Waals surface area (Å²) in [5, 5.41) is 10.9. The normalized spacial score (nSPS) is 9.62. The molecule has 16 heavy (non-hydrogen) atoms. The van der Waals surface area contributed by atoms with Crippen molar-refractivity contribution < 1.29 is 23.1 Å². The Kier molecular flexibility index (Phi) is 3.40. The van der Waals surface area contributed by atoms with Crippen LogP contribution in [-0.4, -0.2) is 17.6 Å². The van der Waals surface area contributed by atoms with E-state index in [1.54, 1.807) is 0 Å². The van der Waals surface area contributed by atoms with Crippen molar-refractivity contribution in [2.24, 2.45) is 0 Å². The summed E-state index contributed by atoms with van der Waals surface area (Å²) in [6, 6.07) is 0.343. The fourth-order valence-electron chi connectivity index (χ4n) is 0.982. The largest absolute Gasteiger partial charge is 0.503 e. The SMILES string of the molecule is C#CCNC(=O)c1cc(F)c(F)c(O)c1F. The van der Waals surface area contributed by atoms with Gasteiger partial charge in [-0.3, -0.25) is 4.79 Å². The summed E-state index contributed by atoms with van der Waals surface area (Å²) in [5.74, 6) is -5.33. The molecular weight excluding hydrogens is 223 g/mol. The molecule has 0 radical (unpaired) electrons. The number of hydrogen-bond donors (Lipinski definition) is 2. The van der Waals surface area contributed by atoms with E-state index in [1.165, 1.54) is 0 Å². The second-order valence-electron chi connectivity index (χ2n) is 2.77. The van der Waals surface area contributed by atoms with Crippen LogP contribution in [0.3, 0.4) is 0 Å². The molecule has 1 aromatic carbocycles. The highest BCUT2D eigenvalue weighted by Crippen LogP contribution is 2.25. The van der Waals surface area contributed by atoms with Crippen LogP contribution in [0.4, 0.5) is 13.2 Å². The maximum absolute atomic E-state index is 13.2. The van der Waals surface area contributed by atoms with Crippen LogP contribution in [0.25, 0.3) is 0 Å². The number of nitrogens with one attached hydrogen (secondary N) is 1. The number of phenolic OH excluding ortho intramolecular Hbond substituents is 1. The van der Waals surface area contributed by atoms with Crippen LogP contribution in [-0.2, 0) is 0 Å². The van der Waals surface area contributed by atoms with Crippen molar-refractivity contribution in [1.82, 2.24) is 5.32 Å². The molecule has 0 unspecified atom stereocenters. The van der Waals surface area contributed by atoms with Gasteiger partial charge < -0.3 is 10.4 Å². The Morgan fingerprint density at radius 3 is 2.62 bits per heavy atom. The number of hydrogen-bond acceptors (Lipinski definition) is 2. The minimum Gasteiger partial charge on any atom is -0.503 e. The van der Waals surface area contributed by atoms with E-state index in [0.717, 1.165) is 0 Å². The first kappa shape index (κ1) is 11.9. The van der Waals surface area contributed by atoms with E-state index in [9.17, 15) is 18.0 Å². The van der Waals surface area contributed by atoms with E-state index in [0.29, 0.717) is 6.07 Å². The molecule has 0 aliphatic rings. The minimum atomic E-state index is -1.74. The van der Waals surface area contributed by atoms with Crippen LogP contribution in [0.2, 0.25) is 0 Å². The number of halogens is 3. The highest BCUT2D eigenvalue weighted by molar-refractivity contribution is 5.95. The van der Waals surface area contributed by atoms with Crippen molar-refractivity contribution in [2.75, 3.05) is 6.54 Å². The predicted octanol–water partition coefficient (Wildman–Crippen LogP) is 1.17. The van der Waals surface area contributed by atoms with Gasteiger partial charge in [-0.2, -0.15) is 4.39 Å². The molecule has 0 fully saturated rings. The van der Waals surface area contributed by atoms with Gasteiger partial charge >= 0.3 is 0 Å². The van der Waals surface area contributed by atoms with Crippen LogP contribution in [0.15, 0.2) is 6.07 Å². The Hall–Kier alpha value is -2.16. The number of rotatable bonds is 2. The molecule has 0 aromatic heterocycles. The molecule has 84 valence electrons. The van der Waals surface area contributed by atoms with Gasteiger partial charge in [0.2, 0.25) is 5.82 Å². The smallest absolute Gasteiger partial charge is 0.255 e. The van der Waals surface area contributed by atoms with Crippen molar-refractivity contribution in [1.29, 1.82) is 0 Å². The van der Waals surface area contributed by atoms with Crippen molar-refractivity contribution in [3.05, 3.63) is 29.1 Å². The number of benzene rings is 1. The Morgan fingerprint density at radius 2 is 2.06 bits per heavy atom. The zero-order valence-corrected chi connectivity index (χ0v) is 7.85. The van der Waals surface area contributed by atoms with Crippen molar-refractivity contribution in [2.45, 2.75) is 0 Å². The average Bonchev–Trinajstić information content (AvgIpc) is 2.28. The first-order valence-electron chi connectivity index (χ1n) is 4.07. The molecule has 0 bridgehead atoms. The van der Waals surface area contributed by atoms with Crippen molar-refractivity contribution in [3.8, 4) is 18.1 Å². The third-order valence-electron chi connectivity index (χ3n) is 1.73. The van der Waals surface area contributed by atoms with Crippen molar-refractivity contribution >= 4 is 5.91 Å². The molecule has 6 heteroatoms. The van der Waals surface area contributed by atoms with E-state index in [4.69, 9.17) is 11.5 Å². The van der Waals surface area contributed by atoms with Crippen LogP contribution >= 0.6 is 0 Å². The van der Waals surface area contributed by atoms with Gasteiger partial charge in [-0.1, -0.05) is 5.92 Å². The van der Waals surface area contributed by atoms with E-state index in [-0.39, 0.29) is 6.54 Å². The lowest BCUT2D eigenvalue weighted by molar-refractivity contribution is 0.0953. The zero-order valence-electron chi connectivity index (χ0n) is 7.85. The lowest BCUT2D eigenvalue weighted by Gasteiger charge is -2.06. The van der Waals surface area contributed by atoms with Gasteiger partial charge in [0.05, 0.1) is 12.1 Å². The maximum Gasteiger partial charge on any atom is 0.255 e. The molecule has 0 spiro atoms. The Balaban J connectivity index is 3.16. The predicted molar refractivity (Wildman–Crippen MR) is 49.1 cm³/mol. The first-order valence-corrected chi connectivity index (χ1v) is 4.07. The van der Waals surface area contributed by atoms with E-state index in [1.807, 2.05) is 11.2 Å². The van der Waals surface area contributed by atoms with Gasteiger partial charge in [0.25, 0.3) is 5.91 Å². The van der Waals surface area contributed by atoms with E-state index >= 15 is 0 Å². The highest BCUT2D eigenvalue weighted by Gasteiger charge is 2.21. The third-order valence-corrected chi connectivity index (χ3v) is 1.73. The average molecular weight is 229 g/mol. The zero-order chi connectivity index (χ0) is 12.3. The quantitative estimate of drug-likeness (QED) is 0.590. The molecule has 0 saturated heterocycles. The summed E-state index contributed by atoms with van der Waals surface area (Å²) in [6.45, 7) is -0.196. The first-order chi connectivity index (χ1) is 7.49. The lowest BCUT2D eigenvalue weighted by atomic mass is 10.1. The van der Waals surface area contributed by atoms with Gasteiger partial charge in [-0.25, -0.2) is 8.78 Å². The maximum atomic E-state index is 13.2. The van der Waals surface area contributed by atoms with Crippen LogP contribution < -0.4 is 5.32 Å². The molecule has 0 aliphatic carbocycles. The standard InChI is InChI=1S/C10H6F3NO2/c1-2-3-14-10(16)5-4-6(11)8(13)9(15)7(5)12/h1,4,15H,3H2,(H,14,16). The Bertz CT molecular complexity index is 480. The second kappa shape index (κ2) is 4.57. The van der Waals surface area contributed by atoms with Gasteiger partial charge in [-0.05, 0) is 6.07 Å². The molecule has 0 heterocycles. The molecule has 1 rings (SSSR count). The minimum absolute atomic E-state index is 0.196. The summed E-state index contributed by atoms with van der Waals surface area (Å²) in [4.78, 5) is 11.2. The summed E-state index contributed by atoms with van der Waals surface area (Å²) >= 11 is 0. The number of carbonyl (C=O) groups excluding carboxylic acids is 1. The molecule has 1 amide bonds. The third kappa shape index (κ3) is 2.08. The fraction of sp³-hybridized carbons (Fsp3) is 0.100. The summed E-state index contributed by atoms with van der Waals surface area (Å²) < 4.78 is 38.6. The summed E-state index contributed by atoms with van der Waals surface area (Å²) in [6.07, 6.45) is 4.83. The number of amides is 1. The molecule has 0 saturated carbocycles. The number of phenols is 1. The fourth-order valence-corrected chi connectivity index (χ4v) is 0.982. The van der Waals surface area contributed by atoms with Gasteiger partial charge in [0.15, 0.2) is 17.4 Å². The number of aromatic hydroxyl groups is 1. The number of carbonyl (C=O) groups is 1. The number of terminal acetylenes is 1. The summed E-state index contributed by atoms with van der Waals surface area (Å²) in [5.41, 5.74) is -0.813. The van der Waals surface area contributed by atoms with Gasteiger partial charge in [0.1, 0.15) is 0 Å².